The summed E-state index contributed by atoms with van der Waals surface area (Å²) in [5, 5.41) is 12.3. The topological polar surface area (TPSA) is 107 Å². The number of ether oxygens (including phenoxy) is 1. The van der Waals surface area contributed by atoms with Crippen LogP contribution in [0.2, 0.25) is 0 Å². The van der Waals surface area contributed by atoms with Crippen molar-refractivity contribution in [3.05, 3.63) is 106 Å². The van der Waals surface area contributed by atoms with Crippen molar-refractivity contribution in [2.75, 3.05) is 25.9 Å². The van der Waals surface area contributed by atoms with Gasteiger partial charge in [0.2, 0.25) is 0 Å². The largest absolute Gasteiger partial charge is 0.496 e. The summed E-state index contributed by atoms with van der Waals surface area (Å²) in [5.41, 5.74) is 1.38. The van der Waals surface area contributed by atoms with E-state index in [1.165, 1.54) is 25.5 Å². The molecular formula is C30H33F2N5O3S. The molecule has 1 aliphatic heterocycles. The van der Waals surface area contributed by atoms with Gasteiger partial charge in [0.1, 0.15) is 16.5 Å². The zero-order valence-corrected chi connectivity index (χ0v) is 24.7. The van der Waals surface area contributed by atoms with E-state index in [-0.39, 0.29) is 16.9 Å². The molecule has 1 heterocycles. The fourth-order valence-corrected chi connectivity index (χ4v) is 4.72. The van der Waals surface area contributed by atoms with Crippen LogP contribution in [-0.2, 0) is 14.8 Å². The summed E-state index contributed by atoms with van der Waals surface area (Å²) < 4.78 is 63.9. The van der Waals surface area contributed by atoms with Crippen LogP contribution >= 0.6 is 0 Å². The van der Waals surface area contributed by atoms with Crippen LogP contribution in [0.1, 0.15) is 26.3 Å². The highest BCUT2D eigenvalue weighted by atomic mass is 32.2. The molecule has 216 valence electrons. The fourth-order valence-electron chi connectivity index (χ4n) is 3.49. The second-order valence-electron chi connectivity index (χ2n) is 8.33. The number of methoxy groups -OCH3 is 1. The number of rotatable bonds is 9. The predicted octanol–water partition coefficient (Wildman–Crippen LogP) is 5.74. The average Bonchev–Trinajstić information content (AvgIpc) is 2.95. The van der Waals surface area contributed by atoms with Gasteiger partial charge >= 0.3 is 0 Å². The van der Waals surface area contributed by atoms with Crippen molar-refractivity contribution in [3.63, 3.8) is 0 Å². The minimum atomic E-state index is -4.49. The molecule has 0 unspecified atom stereocenters. The van der Waals surface area contributed by atoms with Crippen LogP contribution in [0.25, 0.3) is 5.57 Å². The Morgan fingerprint density at radius 1 is 1.22 bits per heavy atom. The second kappa shape index (κ2) is 15.1. The van der Waals surface area contributed by atoms with E-state index in [4.69, 9.17) is 4.74 Å². The van der Waals surface area contributed by atoms with Gasteiger partial charge in [0.25, 0.3) is 10.0 Å². The highest BCUT2D eigenvalue weighted by molar-refractivity contribution is 7.96. The van der Waals surface area contributed by atoms with Crippen molar-refractivity contribution < 1.29 is 21.9 Å². The molecule has 0 atom stereocenters. The number of sulfonamides is 1. The van der Waals surface area contributed by atoms with E-state index in [2.05, 4.69) is 41.0 Å². The van der Waals surface area contributed by atoms with E-state index in [1.54, 1.807) is 38.9 Å². The van der Waals surface area contributed by atoms with Gasteiger partial charge in [0.05, 0.1) is 30.3 Å². The summed E-state index contributed by atoms with van der Waals surface area (Å²) in [7, 11) is 0.0734. The Hall–Kier alpha value is -4.87. The average molecular weight is 582 g/mol. The Balaban J connectivity index is 0.00000411. The maximum absolute atomic E-state index is 15.6. The van der Waals surface area contributed by atoms with Gasteiger partial charge in [-0.15, -0.1) is 12.8 Å². The van der Waals surface area contributed by atoms with Crippen LogP contribution < -0.4 is 10.0 Å². The Labute approximate surface area is 241 Å². The minimum absolute atomic E-state index is 0.0172. The third-order valence-corrected chi connectivity index (χ3v) is 7.21. The molecule has 0 spiro atoms. The summed E-state index contributed by atoms with van der Waals surface area (Å²) >= 11 is 0. The molecule has 2 N–H and O–H groups in total. The quantitative estimate of drug-likeness (QED) is 0.0963. The molecule has 0 amide bonds. The van der Waals surface area contributed by atoms with E-state index >= 15 is 4.39 Å². The van der Waals surface area contributed by atoms with Gasteiger partial charge in [0.15, 0.2) is 5.82 Å². The van der Waals surface area contributed by atoms with Gasteiger partial charge in [-0.25, -0.2) is 17.2 Å². The van der Waals surface area contributed by atoms with Gasteiger partial charge in [-0.3, -0.25) is 9.71 Å². The molecule has 0 aromatic heterocycles. The highest BCUT2D eigenvalue weighted by Crippen LogP contribution is 2.33. The van der Waals surface area contributed by atoms with Crippen LogP contribution in [0, 0.1) is 35.8 Å². The first-order valence-electron chi connectivity index (χ1n) is 11.9. The van der Waals surface area contributed by atoms with Crippen molar-refractivity contribution >= 4 is 27.1 Å². The molecule has 41 heavy (non-hydrogen) atoms. The monoisotopic (exact) mass is 581 g/mol. The van der Waals surface area contributed by atoms with Crippen molar-refractivity contribution in [1.29, 1.82) is 5.26 Å². The highest BCUT2D eigenvalue weighted by Gasteiger charge is 2.26. The first-order valence-corrected chi connectivity index (χ1v) is 13.4. The third kappa shape index (κ3) is 8.31. The maximum atomic E-state index is 15.6. The maximum Gasteiger partial charge on any atom is 0.265 e. The molecule has 11 heteroatoms. The molecule has 8 nitrogen and oxygen atoms in total. The fraction of sp³-hybridized carbons (Fsp3) is 0.200. The molecule has 1 aliphatic rings. The SMILES string of the molecule is C#C.C=C(OC)/C(=C\C(C#N)=C/C)S(=O)(=O)Nc1ccc(F)c(C2=CN(C)/C(=C(\C)C(=C)NC(C)=NC)C=C2)c1F. The molecule has 0 fully saturated rings. The number of halogens is 2. The molecule has 0 bridgehead atoms. The normalized spacial score (nSPS) is 15.1. The summed E-state index contributed by atoms with van der Waals surface area (Å²) in [5.74, 6) is -1.61. The van der Waals surface area contributed by atoms with Gasteiger partial charge in [-0.05, 0) is 50.6 Å². The van der Waals surface area contributed by atoms with Crippen LogP contribution in [0.15, 0.2) is 94.0 Å². The lowest BCUT2D eigenvalue weighted by Gasteiger charge is -2.25. The number of amidine groups is 1. The number of nitriles is 1. The number of hydrogen-bond donors (Lipinski definition) is 2. The Bertz CT molecular complexity index is 1570. The molecule has 1 aromatic carbocycles. The van der Waals surface area contributed by atoms with Crippen LogP contribution in [0.4, 0.5) is 14.5 Å². The van der Waals surface area contributed by atoms with Gasteiger partial charge in [-0.2, -0.15) is 5.26 Å². The van der Waals surface area contributed by atoms with Crippen molar-refractivity contribution in [2.45, 2.75) is 20.8 Å². The number of anilines is 1. The van der Waals surface area contributed by atoms with E-state index in [0.29, 0.717) is 11.5 Å². The number of benzene rings is 1. The standard InChI is InChI=1S/C28H31F2N5O3S.C2H2/c1-9-21(15-31)14-26(19(4)38-8)39(36,37)34-24-12-11-23(29)27(28(24)30)22-10-13-25(35(7)16-22)17(2)18(3)33-20(5)32-6;1-2/h9-14,16,34H,3-4H2,1-2,5-8H3,(H,32,33);1-2H/b21-9+,25-17+,26-14+;. The summed E-state index contributed by atoms with van der Waals surface area (Å²) in [6, 6.07) is 3.77. The Morgan fingerprint density at radius 2 is 1.85 bits per heavy atom. The number of nitrogens with zero attached hydrogens (tertiary/aromatic N) is 3. The van der Waals surface area contributed by atoms with Crippen molar-refractivity contribution in [3.8, 4) is 18.9 Å². The van der Waals surface area contributed by atoms with Gasteiger partial charge in [0, 0.05) is 42.8 Å². The third-order valence-electron chi connectivity index (χ3n) is 5.80. The zero-order valence-electron chi connectivity index (χ0n) is 23.8. The number of likely N-dealkylation sites (N-methyl/N-ethyl adjacent to an activating group) is 1. The lowest BCUT2D eigenvalue weighted by atomic mass is 10.00. The second-order valence-corrected chi connectivity index (χ2v) is 9.98. The van der Waals surface area contributed by atoms with Crippen LogP contribution in [-0.4, -0.2) is 40.4 Å². The molecule has 0 saturated carbocycles. The number of aliphatic imine (C=N–C) groups is 1. The van der Waals surface area contributed by atoms with E-state index in [0.717, 1.165) is 29.5 Å². The van der Waals surface area contributed by atoms with E-state index < -0.39 is 37.8 Å². The number of hydrogen-bond acceptors (Lipinski definition) is 6. The van der Waals surface area contributed by atoms with E-state index in [1.807, 2.05) is 13.0 Å². The molecule has 1 aromatic rings. The number of allylic oxidation sites excluding steroid dienone is 7. The lowest BCUT2D eigenvalue weighted by Crippen LogP contribution is -2.23. The van der Waals surface area contributed by atoms with Gasteiger partial charge in [-0.1, -0.05) is 25.3 Å². The lowest BCUT2D eigenvalue weighted by molar-refractivity contribution is 0.306. The first kappa shape index (κ1) is 34.2. The van der Waals surface area contributed by atoms with Crippen molar-refractivity contribution in [1.82, 2.24) is 10.2 Å². The number of nitrogens with one attached hydrogen (secondary N) is 2. The molecule has 2 rings (SSSR count). The summed E-state index contributed by atoms with van der Waals surface area (Å²) in [4.78, 5) is 5.24. The first-order chi connectivity index (χ1) is 19.3. The Morgan fingerprint density at radius 3 is 2.37 bits per heavy atom. The smallest absolute Gasteiger partial charge is 0.265 e. The zero-order chi connectivity index (χ0) is 31.5. The number of terminal acetylenes is 1. The Kier molecular flexibility index (Phi) is 12.5. The van der Waals surface area contributed by atoms with Crippen LogP contribution in [0.3, 0.4) is 0 Å². The van der Waals surface area contributed by atoms with Crippen molar-refractivity contribution in [2.24, 2.45) is 4.99 Å². The van der Waals surface area contributed by atoms with Gasteiger partial charge < -0.3 is 15.0 Å². The predicted molar refractivity (Wildman–Crippen MR) is 161 cm³/mol. The molecule has 0 saturated heterocycles. The molecule has 0 aliphatic carbocycles. The van der Waals surface area contributed by atoms with Crippen LogP contribution in [0.5, 0.6) is 0 Å². The molecule has 0 radical (unpaired) electrons. The minimum Gasteiger partial charge on any atom is -0.496 e. The summed E-state index contributed by atoms with van der Waals surface area (Å²) in [6.07, 6.45) is 15.2. The summed E-state index contributed by atoms with van der Waals surface area (Å²) in [6.45, 7) is 12.7. The molecular weight excluding hydrogens is 548 g/mol. The van der Waals surface area contributed by atoms with E-state index in [9.17, 15) is 18.1 Å².